The van der Waals surface area contributed by atoms with Gasteiger partial charge in [-0.3, -0.25) is 9.78 Å². The third-order valence-corrected chi connectivity index (χ3v) is 3.36. The fraction of sp³-hybridized carbons (Fsp3) is 0.375. The first kappa shape index (κ1) is 14.3. The highest BCUT2D eigenvalue weighted by Crippen LogP contribution is 2.29. The predicted molar refractivity (Wildman–Crippen MR) is 81.2 cm³/mol. The molecule has 0 aliphatic heterocycles. The second-order valence-corrected chi connectivity index (χ2v) is 4.92. The van der Waals surface area contributed by atoms with Crippen LogP contribution in [0.5, 0.6) is 0 Å². The number of para-hydroxylation sites is 1. The van der Waals surface area contributed by atoms with Gasteiger partial charge in [0, 0.05) is 28.9 Å². The number of carbonyl (C=O) groups is 1. The van der Waals surface area contributed by atoms with Gasteiger partial charge in [-0.05, 0) is 19.4 Å². The molecule has 0 spiro atoms. The van der Waals surface area contributed by atoms with E-state index in [0.29, 0.717) is 0 Å². The van der Waals surface area contributed by atoms with E-state index < -0.39 is 5.97 Å². The summed E-state index contributed by atoms with van der Waals surface area (Å²) in [4.78, 5) is 15.6. The zero-order chi connectivity index (χ0) is 14.5. The summed E-state index contributed by atoms with van der Waals surface area (Å²) in [6, 6.07) is 7.84. The largest absolute Gasteiger partial charge is 0.481 e. The van der Waals surface area contributed by atoms with Crippen LogP contribution in [0.1, 0.15) is 31.0 Å². The quantitative estimate of drug-likeness (QED) is 0.791. The van der Waals surface area contributed by atoms with Crippen molar-refractivity contribution >= 4 is 22.6 Å². The summed E-state index contributed by atoms with van der Waals surface area (Å²) < 4.78 is 0. The molecular weight excluding hydrogens is 252 g/mol. The van der Waals surface area contributed by atoms with Crippen LogP contribution in [0.3, 0.4) is 0 Å². The summed E-state index contributed by atoms with van der Waals surface area (Å²) in [5.41, 5.74) is 3.39. The Labute approximate surface area is 118 Å². The standard InChI is InChI=1S/C16H20N2O2/c1-3-4-9-17-16-12-7-5-6-8-14(12)18-11(2)13(16)10-15(19)20/h5-8H,3-4,9-10H2,1-2H3,(H,17,18)(H,19,20). The molecule has 2 rings (SSSR count). The summed E-state index contributed by atoms with van der Waals surface area (Å²) in [6.45, 7) is 4.85. The van der Waals surface area contributed by atoms with Crippen LogP contribution in [0.25, 0.3) is 10.9 Å². The van der Waals surface area contributed by atoms with Gasteiger partial charge in [0.15, 0.2) is 0 Å². The summed E-state index contributed by atoms with van der Waals surface area (Å²) in [5.74, 6) is -0.830. The molecule has 4 heteroatoms. The molecule has 0 amide bonds. The Bertz CT molecular complexity index is 623. The van der Waals surface area contributed by atoms with E-state index in [9.17, 15) is 4.79 Å². The minimum absolute atomic E-state index is 0.00186. The number of nitrogens with one attached hydrogen (secondary N) is 1. The third kappa shape index (κ3) is 3.07. The van der Waals surface area contributed by atoms with Gasteiger partial charge in [-0.15, -0.1) is 0 Å². The molecule has 0 saturated carbocycles. The van der Waals surface area contributed by atoms with Crippen LogP contribution in [-0.2, 0) is 11.2 Å². The number of fused-ring (bicyclic) bond motifs is 1. The van der Waals surface area contributed by atoms with Gasteiger partial charge in [0.25, 0.3) is 0 Å². The molecule has 1 heterocycles. The molecule has 0 aliphatic carbocycles. The Morgan fingerprint density at radius 3 is 2.80 bits per heavy atom. The van der Waals surface area contributed by atoms with E-state index in [4.69, 9.17) is 5.11 Å². The Balaban J connectivity index is 2.52. The molecule has 0 radical (unpaired) electrons. The van der Waals surface area contributed by atoms with Crippen LogP contribution in [0, 0.1) is 6.92 Å². The van der Waals surface area contributed by atoms with E-state index in [1.165, 1.54) is 0 Å². The number of pyridine rings is 1. The highest BCUT2D eigenvalue weighted by molar-refractivity contribution is 5.94. The Hall–Kier alpha value is -2.10. The van der Waals surface area contributed by atoms with Crippen LogP contribution in [0.15, 0.2) is 24.3 Å². The average Bonchev–Trinajstić information content (AvgIpc) is 2.41. The van der Waals surface area contributed by atoms with Crippen LogP contribution < -0.4 is 5.32 Å². The number of benzene rings is 1. The SMILES string of the molecule is CCCCNc1c(CC(=O)O)c(C)nc2ccccc12. The summed E-state index contributed by atoms with van der Waals surface area (Å²) in [5, 5.41) is 13.5. The molecule has 1 aromatic carbocycles. The molecule has 0 aliphatic rings. The van der Waals surface area contributed by atoms with E-state index in [2.05, 4.69) is 17.2 Å². The number of anilines is 1. The van der Waals surface area contributed by atoms with Gasteiger partial charge in [-0.25, -0.2) is 0 Å². The number of nitrogens with zero attached hydrogens (tertiary/aromatic N) is 1. The summed E-state index contributed by atoms with van der Waals surface area (Å²) in [7, 11) is 0. The van der Waals surface area contributed by atoms with Crippen molar-refractivity contribution in [2.24, 2.45) is 0 Å². The molecule has 4 nitrogen and oxygen atoms in total. The minimum Gasteiger partial charge on any atom is -0.481 e. The van der Waals surface area contributed by atoms with Crippen molar-refractivity contribution in [3.63, 3.8) is 0 Å². The summed E-state index contributed by atoms with van der Waals surface area (Å²) >= 11 is 0. The fourth-order valence-corrected chi connectivity index (χ4v) is 2.33. The molecule has 106 valence electrons. The first-order valence-corrected chi connectivity index (χ1v) is 6.97. The lowest BCUT2D eigenvalue weighted by molar-refractivity contribution is -0.136. The van der Waals surface area contributed by atoms with Crippen molar-refractivity contribution in [1.82, 2.24) is 4.98 Å². The number of aromatic nitrogens is 1. The second-order valence-electron chi connectivity index (χ2n) is 4.92. The Kier molecular flexibility index (Phi) is 4.56. The van der Waals surface area contributed by atoms with Crippen LogP contribution in [-0.4, -0.2) is 22.6 Å². The highest BCUT2D eigenvalue weighted by atomic mass is 16.4. The Morgan fingerprint density at radius 2 is 2.10 bits per heavy atom. The lowest BCUT2D eigenvalue weighted by Crippen LogP contribution is -2.11. The number of aryl methyl sites for hydroxylation is 1. The molecule has 0 atom stereocenters. The van der Waals surface area contributed by atoms with Crippen LogP contribution in [0.4, 0.5) is 5.69 Å². The monoisotopic (exact) mass is 272 g/mol. The van der Waals surface area contributed by atoms with Crippen molar-refractivity contribution in [1.29, 1.82) is 0 Å². The smallest absolute Gasteiger partial charge is 0.307 e. The third-order valence-electron chi connectivity index (χ3n) is 3.36. The maximum atomic E-state index is 11.1. The molecule has 2 N–H and O–H groups in total. The second kappa shape index (κ2) is 6.37. The number of hydrogen-bond donors (Lipinski definition) is 2. The predicted octanol–water partition coefficient (Wildman–Crippen LogP) is 3.38. The summed E-state index contributed by atoms with van der Waals surface area (Å²) in [6.07, 6.45) is 2.16. The van der Waals surface area contributed by atoms with Crippen molar-refractivity contribution in [3.8, 4) is 0 Å². The first-order valence-electron chi connectivity index (χ1n) is 6.97. The molecule has 0 unspecified atom stereocenters. The van der Waals surface area contributed by atoms with Gasteiger partial charge in [-0.1, -0.05) is 31.5 Å². The normalized spacial score (nSPS) is 10.7. The number of rotatable bonds is 6. The van der Waals surface area contributed by atoms with Gasteiger partial charge in [0.1, 0.15) is 0 Å². The van der Waals surface area contributed by atoms with Gasteiger partial charge < -0.3 is 10.4 Å². The average molecular weight is 272 g/mol. The van der Waals surface area contributed by atoms with E-state index in [0.717, 1.165) is 47.2 Å². The van der Waals surface area contributed by atoms with E-state index in [1.54, 1.807) is 0 Å². The van der Waals surface area contributed by atoms with Crippen LogP contribution >= 0.6 is 0 Å². The molecule has 0 bridgehead atoms. The number of aliphatic carboxylic acids is 1. The van der Waals surface area contributed by atoms with Crippen molar-refractivity contribution in [3.05, 3.63) is 35.5 Å². The number of hydrogen-bond acceptors (Lipinski definition) is 3. The molecule has 20 heavy (non-hydrogen) atoms. The van der Waals surface area contributed by atoms with Gasteiger partial charge in [0.05, 0.1) is 11.9 Å². The lowest BCUT2D eigenvalue weighted by Gasteiger charge is -2.16. The van der Waals surface area contributed by atoms with Crippen molar-refractivity contribution < 1.29 is 9.90 Å². The highest BCUT2D eigenvalue weighted by Gasteiger charge is 2.14. The Morgan fingerprint density at radius 1 is 1.35 bits per heavy atom. The minimum atomic E-state index is -0.830. The topological polar surface area (TPSA) is 62.2 Å². The van der Waals surface area contributed by atoms with E-state index in [-0.39, 0.29) is 6.42 Å². The van der Waals surface area contributed by atoms with Gasteiger partial charge >= 0.3 is 5.97 Å². The molecule has 2 aromatic rings. The van der Waals surface area contributed by atoms with Crippen molar-refractivity contribution in [2.75, 3.05) is 11.9 Å². The number of unbranched alkanes of at least 4 members (excludes halogenated alkanes) is 1. The number of carboxylic acids is 1. The molecule has 1 aromatic heterocycles. The maximum absolute atomic E-state index is 11.1. The zero-order valence-corrected chi connectivity index (χ0v) is 11.9. The lowest BCUT2D eigenvalue weighted by atomic mass is 10.0. The molecule has 0 fully saturated rings. The maximum Gasteiger partial charge on any atom is 0.307 e. The van der Waals surface area contributed by atoms with E-state index in [1.807, 2.05) is 31.2 Å². The first-order chi connectivity index (χ1) is 9.63. The van der Waals surface area contributed by atoms with Crippen LogP contribution in [0.2, 0.25) is 0 Å². The zero-order valence-electron chi connectivity index (χ0n) is 11.9. The van der Waals surface area contributed by atoms with Gasteiger partial charge in [-0.2, -0.15) is 0 Å². The molecule has 0 saturated heterocycles. The molecular formula is C16H20N2O2. The van der Waals surface area contributed by atoms with Gasteiger partial charge in [0.2, 0.25) is 0 Å². The number of carboxylic acid groups (broad SMARTS) is 1. The van der Waals surface area contributed by atoms with Crippen molar-refractivity contribution in [2.45, 2.75) is 33.1 Å². The fourth-order valence-electron chi connectivity index (χ4n) is 2.33. The van der Waals surface area contributed by atoms with E-state index >= 15 is 0 Å².